The topological polar surface area (TPSA) is 51.2 Å². The number of pyridine rings is 1. The number of hydrogen-bond donors (Lipinski definition) is 1. The van der Waals surface area contributed by atoms with Gasteiger partial charge in [-0.1, -0.05) is 0 Å². The van der Waals surface area contributed by atoms with E-state index in [0.29, 0.717) is 5.82 Å². The SMILES string of the molecule is COC(C)C(=O)Nc1ccc(Br)c(C)n1. The van der Waals surface area contributed by atoms with Gasteiger partial charge >= 0.3 is 0 Å². The molecule has 1 rings (SSSR count). The van der Waals surface area contributed by atoms with Gasteiger partial charge in [0.1, 0.15) is 11.9 Å². The number of methoxy groups -OCH3 is 1. The maximum absolute atomic E-state index is 11.5. The Hall–Kier alpha value is -0.940. The minimum absolute atomic E-state index is 0.202. The first kappa shape index (κ1) is 12.1. The van der Waals surface area contributed by atoms with Gasteiger partial charge in [0.25, 0.3) is 5.91 Å². The Kier molecular flexibility index (Phi) is 4.23. The van der Waals surface area contributed by atoms with Crippen molar-refractivity contribution in [1.29, 1.82) is 0 Å². The summed E-state index contributed by atoms with van der Waals surface area (Å²) >= 11 is 3.34. The molecule has 0 aromatic carbocycles. The zero-order valence-corrected chi connectivity index (χ0v) is 10.5. The number of hydrogen-bond acceptors (Lipinski definition) is 3. The van der Waals surface area contributed by atoms with Crippen molar-refractivity contribution in [3.8, 4) is 0 Å². The number of carbonyl (C=O) groups is 1. The Balaban J connectivity index is 2.73. The summed E-state index contributed by atoms with van der Waals surface area (Å²) < 4.78 is 5.81. The minimum atomic E-state index is -0.476. The van der Waals surface area contributed by atoms with E-state index < -0.39 is 6.10 Å². The number of halogens is 1. The van der Waals surface area contributed by atoms with E-state index in [1.165, 1.54) is 7.11 Å². The molecule has 0 saturated heterocycles. The number of amides is 1. The van der Waals surface area contributed by atoms with Gasteiger partial charge in [-0.2, -0.15) is 0 Å². The first-order chi connectivity index (χ1) is 7.04. The molecule has 0 bridgehead atoms. The van der Waals surface area contributed by atoms with Crippen molar-refractivity contribution in [1.82, 2.24) is 4.98 Å². The lowest BCUT2D eigenvalue weighted by Crippen LogP contribution is -2.27. The van der Waals surface area contributed by atoms with E-state index in [9.17, 15) is 4.79 Å². The number of rotatable bonds is 3. The zero-order valence-electron chi connectivity index (χ0n) is 8.87. The van der Waals surface area contributed by atoms with E-state index in [1.54, 1.807) is 13.0 Å². The van der Waals surface area contributed by atoms with E-state index >= 15 is 0 Å². The first-order valence-electron chi connectivity index (χ1n) is 4.51. The Morgan fingerprint density at radius 3 is 2.80 bits per heavy atom. The summed E-state index contributed by atoms with van der Waals surface area (Å²) in [6.45, 7) is 3.54. The highest BCUT2D eigenvalue weighted by molar-refractivity contribution is 9.10. The van der Waals surface area contributed by atoms with Gasteiger partial charge in [0.05, 0.1) is 5.69 Å². The van der Waals surface area contributed by atoms with Crippen molar-refractivity contribution in [2.24, 2.45) is 0 Å². The lowest BCUT2D eigenvalue weighted by Gasteiger charge is -2.10. The monoisotopic (exact) mass is 272 g/mol. The van der Waals surface area contributed by atoms with Crippen molar-refractivity contribution in [3.05, 3.63) is 22.3 Å². The maximum Gasteiger partial charge on any atom is 0.254 e. The molecular weight excluding hydrogens is 260 g/mol. The van der Waals surface area contributed by atoms with Crippen LogP contribution in [0.5, 0.6) is 0 Å². The number of nitrogens with one attached hydrogen (secondary N) is 1. The molecule has 1 N–H and O–H groups in total. The molecular formula is C10H13BrN2O2. The van der Waals surface area contributed by atoms with Crippen LogP contribution in [0.15, 0.2) is 16.6 Å². The predicted molar refractivity (Wildman–Crippen MR) is 61.8 cm³/mol. The summed E-state index contributed by atoms with van der Waals surface area (Å²) in [7, 11) is 1.49. The maximum atomic E-state index is 11.5. The van der Waals surface area contributed by atoms with Crippen molar-refractivity contribution in [2.45, 2.75) is 20.0 Å². The predicted octanol–water partition coefficient (Wildman–Crippen LogP) is 2.13. The summed E-state index contributed by atoms with van der Waals surface area (Å²) in [5.41, 5.74) is 0.831. The average Bonchev–Trinajstić information content (AvgIpc) is 2.22. The molecule has 0 spiro atoms. The highest BCUT2D eigenvalue weighted by Gasteiger charge is 2.12. The number of carbonyl (C=O) groups excluding carboxylic acids is 1. The van der Waals surface area contributed by atoms with E-state index in [0.717, 1.165) is 10.2 Å². The average molecular weight is 273 g/mol. The second-order valence-corrected chi connectivity index (χ2v) is 3.99. The van der Waals surface area contributed by atoms with Crippen LogP contribution in [-0.4, -0.2) is 24.1 Å². The van der Waals surface area contributed by atoms with Crippen molar-refractivity contribution < 1.29 is 9.53 Å². The summed E-state index contributed by atoms with van der Waals surface area (Å²) in [4.78, 5) is 15.6. The highest BCUT2D eigenvalue weighted by Crippen LogP contribution is 2.16. The van der Waals surface area contributed by atoms with Crippen LogP contribution < -0.4 is 5.32 Å². The number of anilines is 1. The van der Waals surface area contributed by atoms with Gasteiger partial charge in [0.15, 0.2) is 0 Å². The van der Waals surface area contributed by atoms with Crippen molar-refractivity contribution >= 4 is 27.7 Å². The van der Waals surface area contributed by atoms with Gasteiger partial charge in [-0.05, 0) is 41.9 Å². The Morgan fingerprint density at radius 2 is 2.27 bits per heavy atom. The molecule has 0 radical (unpaired) electrons. The smallest absolute Gasteiger partial charge is 0.254 e. The van der Waals surface area contributed by atoms with E-state index in [2.05, 4.69) is 26.2 Å². The second-order valence-electron chi connectivity index (χ2n) is 3.13. The lowest BCUT2D eigenvalue weighted by molar-refractivity contribution is -0.124. The molecule has 1 aromatic heterocycles. The molecule has 0 saturated carbocycles. The third-order valence-corrected chi connectivity index (χ3v) is 2.83. The molecule has 15 heavy (non-hydrogen) atoms. The van der Waals surface area contributed by atoms with Crippen LogP contribution >= 0.6 is 15.9 Å². The Labute approximate surface area is 97.2 Å². The fraction of sp³-hybridized carbons (Fsp3) is 0.400. The quantitative estimate of drug-likeness (QED) is 0.917. The van der Waals surface area contributed by atoms with E-state index in [4.69, 9.17) is 4.74 Å². The Bertz CT molecular complexity index is 368. The fourth-order valence-electron chi connectivity index (χ4n) is 0.949. The molecule has 1 atom stereocenters. The van der Waals surface area contributed by atoms with Crippen LogP contribution in [0.25, 0.3) is 0 Å². The highest BCUT2D eigenvalue weighted by atomic mass is 79.9. The van der Waals surface area contributed by atoms with Crippen LogP contribution in [0.2, 0.25) is 0 Å². The number of nitrogens with zero attached hydrogens (tertiary/aromatic N) is 1. The van der Waals surface area contributed by atoms with Gasteiger partial charge in [-0.25, -0.2) is 4.98 Å². The van der Waals surface area contributed by atoms with Crippen LogP contribution in [-0.2, 0) is 9.53 Å². The Morgan fingerprint density at radius 1 is 1.60 bits per heavy atom. The van der Waals surface area contributed by atoms with Gasteiger partial charge < -0.3 is 10.1 Å². The van der Waals surface area contributed by atoms with E-state index in [-0.39, 0.29) is 5.91 Å². The summed E-state index contributed by atoms with van der Waals surface area (Å²) in [6.07, 6.45) is -0.476. The summed E-state index contributed by atoms with van der Waals surface area (Å²) in [5.74, 6) is 0.330. The van der Waals surface area contributed by atoms with Crippen LogP contribution in [0.1, 0.15) is 12.6 Å². The summed E-state index contributed by atoms with van der Waals surface area (Å²) in [6, 6.07) is 3.58. The number of aromatic nitrogens is 1. The molecule has 1 amide bonds. The normalized spacial score (nSPS) is 12.3. The van der Waals surface area contributed by atoms with Gasteiger partial charge in [-0.3, -0.25) is 4.79 Å². The summed E-state index contributed by atoms with van der Waals surface area (Å²) in [5, 5.41) is 2.66. The molecule has 1 unspecified atom stereocenters. The third kappa shape index (κ3) is 3.28. The first-order valence-corrected chi connectivity index (χ1v) is 5.30. The molecule has 0 aliphatic carbocycles. The van der Waals surface area contributed by atoms with Gasteiger partial charge in [0.2, 0.25) is 0 Å². The van der Waals surface area contributed by atoms with E-state index in [1.807, 2.05) is 13.0 Å². The van der Waals surface area contributed by atoms with Gasteiger partial charge in [0, 0.05) is 11.6 Å². The van der Waals surface area contributed by atoms with Gasteiger partial charge in [-0.15, -0.1) is 0 Å². The fourth-order valence-corrected chi connectivity index (χ4v) is 1.17. The standard InChI is InChI=1S/C10H13BrN2O2/c1-6-8(11)4-5-9(12-6)13-10(14)7(2)15-3/h4-5,7H,1-3H3,(H,12,13,14). The van der Waals surface area contributed by atoms with Crippen LogP contribution in [0.3, 0.4) is 0 Å². The molecule has 4 nitrogen and oxygen atoms in total. The molecule has 0 aliphatic heterocycles. The van der Waals surface area contributed by atoms with Crippen LogP contribution in [0.4, 0.5) is 5.82 Å². The molecule has 0 fully saturated rings. The number of ether oxygens (including phenoxy) is 1. The minimum Gasteiger partial charge on any atom is -0.372 e. The largest absolute Gasteiger partial charge is 0.372 e. The van der Waals surface area contributed by atoms with Crippen LogP contribution in [0, 0.1) is 6.92 Å². The number of aryl methyl sites for hydroxylation is 1. The van der Waals surface area contributed by atoms with Crippen molar-refractivity contribution in [2.75, 3.05) is 12.4 Å². The lowest BCUT2D eigenvalue weighted by atomic mass is 10.3. The molecule has 82 valence electrons. The second kappa shape index (κ2) is 5.23. The van der Waals surface area contributed by atoms with Crippen molar-refractivity contribution in [3.63, 3.8) is 0 Å². The third-order valence-electron chi connectivity index (χ3n) is 2.00. The molecule has 1 aromatic rings. The zero-order chi connectivity index (χ0) is 11.4. The molecule has 0 aliphatic rings. The molecule has 1 heterocycles. The molecule has 5 heteroatoms.